The Kier molecular flexibility index (Phi) is 6.15. The number of methoxy groups -OCH3 is 1. The molecule has 0 fully saturated rings. The summed E-state index contributed by atoms with van der Waals surface area (Å²) in [5.74, 6) is -0.789. The van der Waals surface area contributed by atoms with Crippen LogP contribution in [0.5, 0.6) is 6.01 Å². The predicted octanol–water partition coefficient (Wildman–Crippen LogP) is 0.520. The summed E-state index contributed by atoms with van der Waals surface area (Å²) in [6.45, 7) is 2.23. The molecular formula is C13H17N3O4. The van der Waals surface area contributed by atoms with E-state index in [9.17, 15) is 9.59 Å². The van der Waals surface area contributed by atoms with Gasteiger partial charge >= 0.3 is 12.0 Å². The maximum Gasteiger partial charge on any atom is 0.325 e. The molecule has 0 bridgehead atoms. The van der Waals surface area contributed by atoms with E-state index in [0.29, 0.717) is 18.2 Å². The summed E-state index contributed by atoms with van der Waals surface area (Å²) < 4.78 is 9.59. The SMILES string of the molecule is CCOc1ncc(/C=C/C(=O)N(C)CC(=O)OC)cn1. The minimum atomic E-state index is -0.473. The minimum absolute atomic E-state index is 0.0978. The number of ether oxygens (including phenoxy) is 2. The lowest BCUT2D eigenvalue weighted by Crippen LogP contribution is -2.31. The number of esters is 1. The summed E-state index contributed by atoms with van der Waals surface area (Å²) in [7, 11) is 2.78. The summed E-state index contributed by atoms with van der Waals surface area (Å²) >= 11 is 0. The second kappa shape index (κ2) is 7.88. The Balaban J connectivity index is 2.58. The van der Waals surface area contributed by atoms with E-state index in [1.165, 1.54) is 25.1 Å². The molecular weight excluding hydrogens is 262 g/mol. The van der Waals surface area contributed by atoms with E-state index in [2.05, 4.69) is 14.7 Å². The van der Waals surface area contributed by atoms with Crippen molar-refractivity contribution in [2.24, 2.45) is 0 Å². The number of aromatic nitrogens is 2. The summed E-state index contributed by atoms with van der Waals surface area (Å²) in [6, 6.07) is 0.291. The summed E-state index contributed by atoms with van der Waals surface area (Å²) in [6.07, 6.45) is 5.98. The van der Waals surface area contributed by atoms with Gasteiger partial charge in [-0.3, -0.25) is 9.59 Å². The summed E-state index contributed by atoms with van der Waals surface area (Å²) in [5, 5.41) is 0. The van der Waals surface area contributed by atoms with Crippen LogP contribution >= 0.6 is 0 Å². The number of rotatable bonds is 6. The molecule has 0 N–H and O–H groups in total. The van der Waals surface area contributed by atoms with Crippen molar-refractivity contribution in [2.45, 2.75) is 6.92 Å². The van der Waals surface area contributed by atoms with Gasteiger partial charge in [0.15, 0.2) is 0 Å². The molecule has 20 heavy (non-hydrogen) atoms. The predicted molar refractivity (Wildman–Crippen MR) is 71.9 cm³/mol. The normalized spacial score (nSPS) is 10.3. The van der Waals surface area contributed by atoms with Gasteiger partial charge in [0.25, 0.3) is 0 Å². The summed E-state index contributed by atoms with van der Waals surface area (Å²) in [4.78, 5) is 31.9. The quantitative estimate of drug-likeness (QED) is 0.558. The molecule has 0 aliphatic rings. The van der Waals surface area contributed by atoms with Crippen LogP contribution in [0.4, 0.5) is 0 Å². The van der Waals surface area contributed by atoms with Gasteiger partial charge in [0.1, 0.15) is 6.54 Å². The molecule has 7 heteroatoms. The van der Waals surface area contributed by atoms with E-state index < -0.39 is 5.97 Å². The van der Waals surface area contributed by atoms with E-state index in [1.807, 2.05) is 6.92 Å². The molecule has 1 amide bonds. The highest BCUT2D eigenvalue weighted by Gasteiger charge is 2.10. The first-order valence-electron chi connectivity index (χ1n) is 6.01. The van der Waals surface area contributed by atoms with Crippen LogP contribution in [-0.2, 0) is 14.3 Å². The van der Waals surface area contributed by atoms with Crippen molar-refractivity contribution in [2.75, 3.05) is 27.3 Å². The van der Waals surface area contributed by atoms with Gasteiger partial charge in [0.2, 0.25) is 5.91 Å². The van der Waals surface area contributed by atoms with Gasteiger partial charge in [0, 0.05) is 31.1 Å². The molecule has 0 saturated carbocycles. The minimum Gasteiger partial charge on any atom is -0.468 e. The smallest absolute Gasteiger partial charge is 0.325 e. The molecule has 1 aromatic heterocycles. The standard InChI is InChI=1S/C13H17N3O4/c1-4-20-13-14-7-10(8-15-13)5-6-11(17)16(2)9-12(18)19-3/h5-8H,4,9H2,1-3H3/b6-5+. The molecule has 0 aromatic carbocycles. The fourth-order valence-electron chi connectivity index (χ4n) is 1.25. The first-order chi connectivity index (χ1) is 9.56. The van der Waals surface area contributed by atoms with E-state index in [1.54, 1.807) is 18.5 Å². The van der Waals surface area contributed by atoms with Crippen LogP contribution in [0.3, 0.4) is 0 Å². The highest BCUT2D eigenvalue weighted by Crippen LogP contribution is 2.04. The van der Waals surface area contributed by atoms with Crippen LogP contribution in [-0.4, -0.2) is 54.1 Å². The van der Waals surface area contributed by atoms with E-state index in [-0.39, 0.29) is 12.5 Å². The molecule has 0 aliphatic heterocycles. The van der Waals surface area contributed by atoms with Gasteiger partial charge in [-0.15, -0.1) is 0 Å². The fourth-order valence-corrected chi connectivity index (χ4v) is 1.25. The topological polar surface area (TPSA) is 81.6 Å². The molecule has 0 aliphatic carbocycles. The second-order valence-corrected chi connectivity index (χ2v) is 3.84. The van der Waals surface area contributed by atoms with Crippen molar-refractivity contribution in [3.63, 3.8) is 0 Å². The first kappa shape index (κ1) is 15.6. The number of likely N-dealkylation sites (N-methyl/N-ethyl adjacent to an activating group) is 1. The lowest BCUT2D eigenvalue weighted by atomic mass is 10.3. The van der Waals surface area contributed by atoms with E-state index >= 15 is 0 Å². The Morgan fingerprint density at radius 1 is 1.35 bits per heavy atom. The maximum atomic E-state index is 11.7. The number of hydrogen-bond donors (Lipinski definition) is 0. The number of nitrogens with zero attached hydrogens (tertiary/aromatic N) is 3. The average molecular weight is 279 g/mol. The number of hydrogen-bond acceptors (Lipinski definition) is 6. The van der Waals surface area contributed by atoms with Crippen molar-refractivity contribution in [1.82, 2.24) is 14.9 Å². The number of amides is 1. The zero-order valence-electron chi connectivity index (χ0n) is 11.7. The number of carbonyl (C=O) groups is 2. The molecule has 0 radical (unpaired) electrons. The van der Waals surface area contributed by atoms with Crippen molar-refractivity contribution >= 4 is 18.0 Å². The van der Waals surface area contributed by atoms with Crippen LogP contribution < -0.4 is 4.74 Å². The Labute approximate surface area is 117 Å². The van der Waals surface area contributed by atoms with Crippen molar-refractivity contribution in [1.29, 1.82) is 0 Å². The lowest BCUT2D eigenvalue weighted by molar-refractivity contribution is -0.144. The van der Waals surface area contributed by atoms with Crippen molar-refractivity contribution in [3.8, 4) is 6.01 Å². The Morgan fingerprint density at radius 2 is 2.00 bits per heavy atom. The third kappa shape index (κ3) is 5.05. The molecule has 0 saturated heterocycles. The monoisotopic (exact) mass is 279 g/mol. The van der Waals surface area contributed by atoms with Gasteiger partial charge in [-0.05, 0) is 13.0 Å². The molecule has 0 atom stereocenters. The largest absolute Gasteiger partial charge is 0.468 e. The Morgan fingerprint density at radius 3 is 2.55 bits per heavy atom. The molecule has 108 valence electrons. The van der Waals surface area contributed by atoms with Crippen molar-refractivity contribution in [3.05, 3.63) is 24.0 Å². The van der Waals surface area contributed by atoms with Gasteiger partial charge in [-0.2, -0.15) is 0 Å². The van der Waals surface area contributed by atoms with E-state index in [4.69, 9.17) is 4.74 Å². The van der Waals surface area contributed by atoms with Gasteiger partial charge in [-0.25, -0.2) is 9.97 Å². The zero-order chi connectivity index (χ0) is 15.0. The molecule has 1 aromatic rings. The fraction of sp³-hybridized carbons (Fsp3) is 0.385. The van der Waals surface area contributed by atoms with E-state index in [0.717, 1.165) is 0 Å². The first-order valence-corrected chi connectivity index (χ1v) is 6.01. The zero-order valence-corrected chi connectivity index (χ0v) is 11.7. The molecule has 1 heterocycles. The third-order valence-corrected chi connectivity index (χ3v) is 2.31. The second-order valence-electron chi connectivity index (χ2n) is 3.84. The Bertz CT molecular complexity index is 485. The Hall–Kier alpha value is -2.44. The third-order valence-electron chi connectivity index (χ3n) is 2.31. The van der Waals surface area contributed by atoms with Crippen molar-refractivity contribution < 1.29 is 19.1 Å². The molecule has 7 nitrogen and oxygen atoms in total. The summed E-state index contributed by atoms with van der Waals surface area (Å²) in [5.41, 5.74) is 0.660. The highest BCUT2D eigenvalue weighted by atomic mass is 16.5. The maximum absolute atomic E-state index is 11.7. The average Bonchev–Trinajstić information content (AvgIpc) is 2.46. The van der Waals surface area contributed by atoms with Crippen LogP contribution in [0.15, 0.2) is 18.5 Å². The van der Waals surface area contributed by atoms with Crippen LogP contribution in [0.25, 0.3) is 6.08 Å². The van der Waals surface area contributed by atoms with Gasteiger partial charge < -0.3 is 14.4 Å². The van der Waals surface area contributed by atoms with Gasteiger partial charge in [0.05, 0.1) is 13.7 Å². The highest BCUT2D eigenvalue weighted by molar-refractivity contribution is 5.93. The van der Waals surface area contributed by atoms with Crippen LogP contribution in [0.1, 0.15) is 12.5 Å². The molecule has 0 spiro atoms. The molecule has 0 unspecified atom stereocenters. The molecule has 1 rings (SSSR count). The van der Waals surface area contributed by atoms with Gasteiger partial charge in [-0.1, -0.05) is 0 Å². The lowest BCUT2D eigenvalue weighted by Gasteiger charge is -2.12. The van der Waals surface area contributed by atoms with Crippen LogP contribution in [0, 0.1) is 0 Å². The van der Waals surface area contributed by atoms with Crippen LogP contribution in [0.2, 0.25) is 0 Å². The number of carbonyl (C=O) groups excluding carboxylic acids is 2.